The normalized spacial score (nSPS) is 12.0. The molecule has 0 spiro atoms. The highest BCUT2D eigenvalue weighted by Crippen LogP contribution is 2.31. The van der Waals surface area contributed by atoms with Gasteiger partial charge in [0.15, 0.2) is 0 Å². The number of halogens is 1. The van der Waals surface area contributed by atoms with E-state index in [4.69, 9.17) is 9.47 Å². The van der Waals surface area contributed by atoms with Crippen LogP contribution < -0.4 is 14.8 Å². The molecule has 1 N–H and O–H groups in total. The third-order valence-corrected chi connectivity index (χ3v) is 4.19. The van der Waals surface area contributed by atoms with Gasteiger partial charge in [0.1, 0.15) is 11.5 Å². The maximum absolute atomic E-state index is 5.35. The number of ether oxygens (including phenoxy) is 2. The molecule has 2 aromatic carbocycles. The van der Waals surface area contributed by atoms with Crippen LogP contribution in [-0.4, -0.2) is 21.3 Å². The lowest BCUT2D eigenvalue weighted by atomic mass is 9.98. The van der Waals surface area contributed by atoms with E-state index in [0.717, 1.165) is 17.1 Å². The molecule has 0 aromatic heterocycles. The van der Waals surface area contributed by atoms with Gasteiger partial charge in [0, 0.05) is 9.64 Å². The maximum Gasteiger partial charge on any atom is 0.122 e. The van der Waals surface area contributed by atoms with E-state index in [-0.39, 0.29) is 6.04 Å². The van der Waals surface area contributed by atoms with Gasteiger partial charge < -0.3 is 14.8 Å². The molecule has 0 aliphatic heterocycles. The minimum Gasteiger partial charge on any atom is -0.497 e. The molecular weight excluding hydrogens is 365 g/mol. The minimum absolute atomic E-state index is 0.104. The number of rotatable bonds is 5. The van der Waals surface area contributed by atoms with Crippen molar-refractivity contribution in [1.82, 2.24) is 5.32 Å². The SMILES string of the molecule is CNC(c1cc(OC)cc(OC)c1)c1ccccc1I. The quantitative estimate of drug-likeness (QED) is 0.801. The van der Waals surface area contributed by atoms with Crippen molar-refractivity contribution in [2.75, 3.05) is 21.3 Å². The molecule has 1 atom stereocenters. The minimum atomic E-state index is 0.104. The van der Waals surface area contributed by atoms with E-state index < -0.39 is 0 Å². The molecule has 2 rings (SSSR count). The monoisotopic (exact) mass is 383 g/mol. The predicted molar refractivity (Wildman–Crippen MR) is 89.6 cm³/mol. The van der Waals surface area contributed by atoms with Gasteiger partial charge in [0.25, 0.3) is 0 Å². The van der Waals surface area contributed by atoms with Gasteiger partial charge in [0.05, 0.1) is 20.3 Å². The molecule has 0 bridgehead atoms. The van der Waals surface area contributed by atoms with Crippen LogP contribution in [0, 0.1) is 3.57 Å². The van der Waals surface area contributed by atoms with Crippen molar-refractivity contribution in [3.63, 3.8) is 0 Å². The van der Waals surface area contributed by atoms with E-state index >= 15 is 0 Å². The fraction of sp³-hybridized carbons (Fsp3) is 0.250. The van der Waals surface area contributed by atoms with Crippen LogP contribution in [0.1, 0.15) is 17.2 Å². The van der Waals surface area contributed by atoms with Gasteiger partial charge in [-0.3, -0.25) is 0 Å². The van der Waals surface area contributed by atoms with Crippen molar-refractivity contribution in [1.29, 1.82) is 0 Å². The zero-order valence-electron chi connectivity index (χ0n) is 11.8. The Morgan fingerprint density at radius 2 is 1.60 bits per heavy atom. The summed E-state index contributed by atoms with van der Waals surface area (Å²) in [6, 6.07) is 14.4. The molecule has 0 aliphatic rings. The second-order valence-electron chi connectivity index (χ2n) is 4.39. The van der Waals surface area contributed by atoms with Crippen molar-refractivity contribution in [2.24, 2.45) is 0 Å². The molecule has 0 fully saturated rings. The molecule has 106 valence electrons. The summed E-state index contributed by atoms with van der Waals surface area (Å²) in [5.74, 6) is 1.59. The fourth-order valence-corrected chi connectivity index (χ4v) is 2.91. The van der Waals surface area contributed by atoms with Crippen LogP contribution in [0.4, 0.5) is 0 Å². The lowest BCUT2D eigenvalue weighted by Gasteiger charge is -2.20. The third-order valence-electron chi connectivity index (χ3n) is 3.21. The van der Waals surface area contributed by atoms with Crippen LogP contribution >= 0.6 is 22.6 Å². The molecule has 0 amide bonds. The van der Waals surface area contributed by atoms with Crippen molar-refractivity contribution >= 4 is 22.6 Å². The Morgan fingerprint density at radius 3 is 2.10 bits per heavy atom. The summed E-state index contributed by atoms with van der Waals surface area (Å²) in [6.07, 6.45) is 0. The lowest BCUT2D eigenvalue weighted by molar-refractivity contribution is 0.392. The van der Waals surface area contributed by atoms with Gasteiger partial charge in [0.2, 0.25) is 0 Å². The van der Waals surface area contributed by atoms with Crippen LogP contribution in [0.5, 0.6) is 11.5 Å². The number of benzene rings is 2. The first-order valence-electron chi connectivity index (χ1n) is 6.34. The highest BCUT2D eigenvalue weighted by atomic mass is 127. The summed E-state index contributed by atoms with van der Waals surface area (Å²) < 4.78 is 11.9. The van der Waals surface area contributed by atoms with E-state index in [1.165, 1.54) is 9.13 Å². The van der Waals surface area contributed by atoms with Gasteiger partial charge in [-0.25, -0.2) is 0 Å². The lowest BCUT2D eigenvalue weighted by Crippen LogP contribution is -2.18. The van der Waals surface area contributed by atoms with Gasteiger partial charge in [-0.05, 0) is 59.0 Å². The molecule has 0 radical (unpaired) electrons. The van der Waals surface area contributed by atoms with Crippen LogP contribution in [-0.2, 0) is 0 Å². The zero-order chi connectivity index (χ0) is 14.5. The largest absolute Gasteiger partial charge is 0.497 e. The second kappa shape index (κ2) is 6.95. The smallest absolute Gasteiger partial charge is 0.122 e. The first-order valence-corrected chi connectivity index (χ1v) is 7.42. The second-order valence-corrected chi connectivity index (χ2v) is 5.55. The molecule has 0 saturated heterocycles. The maximum atomic E-state index is 5.35. The molecule has 0 aliphatic carbocycles. The van der Waals surface area contributed by atoms with Gasteiger partial charge >= 0.3 is 0 Å². The Hall–Kier alpha value is -1.27. The van der Waals surface area contributed by atoms with E-state index in [1.54, 1.807) is 14.2 Å². The highest BCUT2D eigenvalue weighted by molar-refractivity contribution is 14.1. The van der Waals surface area contributed by atoms with Crippen LogP contribution in [0.15, 0.2) is 42.5 Å². The van der Waals surface area contributed by atoms with Crippen molar-refractivity contribution in [3.8, 4) is 11.5 Å². The predicted octanol–water partition coefficient (Wildman–Crippen LogP) is 3.62. The van der Waals surface area contributed by atoms with Crippen molar-refractivity contribution < 1.29 is 9.47 Å². The summed E-state index contributed by atoms with van der Waals surface area (Å²) in [5, 5.41) is 3.36. The van der Waals surface area contributed by atoms with Crippen molar-refractivity contribution in [3.05, 3.63) is 57.2 Å². The first-order chi connectivity index (χ1) is 9.69. The summed E-state index contributed by atoms with van der Waals surface area (Å²) in [4.78, 5) is 0. The fourth-order valence-electron chi connectivity index (χ4n) is 2.21. The highest BCUT2D eigenvalue weighted by Gasteiger charge is 2.16. The van der Waals surface area contributed by atoms with Crippen molar-refractivity contribution in [2.45, 2.75) is 6.04 Å². The van der Waals surface area contributed by atoms with Crippen LogP contribution in [0.2, 0.25) is 0 Å². The van der Waals surface area contributed by atoms with Crippen LogP contribution in [0.25, 0.3) is 0 Å². The summed E-state index contributed by atoms with van der Waals surface area (Å²) in [6.45, 7) is 0. The Balaban J connectivity index is 2.49. The summed E-state index contributed by atoms with van der Waals surface area (Å²) in [7, 11) is 5.29. The molecule has 2 aromatic rings. The third kappa shape index (κ3) is 3.24. The Labute approximate surface area is 133 Å². The zero-order valence-corrected chi connectivity index (χ0v) is 14.0. The van der Waals surface area contributed by atoms with Crippen LogP contribution in [0.3, 0.4) is 0 Å². The molecule has 3 nitrogen and oxygen atoms in total. The number of methoxy groups -OCH3 is 2. The average Bonchev–Trinajstić information content (AvgIpc) is 2.49. The number of hydrogen-bond donors (Lipinski definition) is 1. The Bertz CT molecular complexity index is 564. The molecule has 1 unspecified atom stereocenters. The van der Waals surface area contributed by atoms with Gasteiger partial charge in [-0.15, -0.1) is 0 Å². The Kier molecular flexibility index (Phi) is 5.25. The van der Waals surface area contributed by atoms with E-state index in [2.05, 4.69) is 46.1 Å². The molecule has 20 heavy (non-hydrogen) atoms. The average molecular weight is 383 g/mol. The topological polar surface area (TPSA) is 30.5 Å². The standard InChI is InChI=1S/C16H18INO2/c1-18-16(14-6-4-5-7-15(14)17)11-8-12(19-2)10-13(9-11)20-3/h4-10,16,18H,1-3H3. The number of nitrogens with one attached hydrogen (secondary N) is 1. The molecule has 0 heterocycles. The molecule has 0 saturated carbocycles. The summed E-state index contributed by atoms with van der Waals surface area (Å²) >= 11 is 2.36. The number of hydrogen-bond acceptors (Lipinski definition) is 3. The van der Waals surface area contributed by atoms with Gasteiger partial charge in [-0.1, -0.05) is 18.2 Å². The van der Waals surface area contributed by atoms with Gasteiger partial charge in [-0.2, -0.15) is 0 Å². The Morgan fingerprint density at radius 1 is 1.00 bits per heavy atom. The van der Waals surface area contributed by atoms with E-state index in [9.17, 15) is 0 Å². The molecular formula is C16H18INO2. The molecule has 4 heteroatoms. The first kappa shape index (κ1) is 15.1. The van der Waals surface area contributed by atoms with E-state index in [0.29, 0.717) is 0 Å². The summed E-state index contributed by atoms with van der Waals surface area (Å²) in [5.41, 5.74) is 2.36. The van der Waals surface area contributed by atoms with E-state index in [1.807, 2.05) is 31.3 Å².